The van der Waals surface area contributed by atoms with Gasteiger partial charge in [-0.2, -0.15) is 5.10 Å². The molecule has 0 saturated heterocycles. The van der Waals surface area contributed by atoms with Gasteiger partial charge in [-0.15, -0.1) is 0 Å². The van der Waals surface area contributed by atoms with E-state index in [1.807, 2.05) is 0 Å². The number of rotatable bonds is 6. The minimum Gasteiger partial charge on any atom is -0.460 e. The van der Waals surface area contributed by atoms with Crippen LogP contribution >= 0.6 is 0 Å². The fourth-order valence-corrected chi connectivity index (χ4v) is 2.86. The molecule has 0 fully saturated rings. The molecule has 0 spiro atoms. The Kier molecular flexibility index (Phi) is 6.25. The third-order valence-corrected chi connectivity index (χ3v) is 4.10. The molecule has 156 valence electrons. The van der Waals surface area contributed by atoms with Crippen LogP contribution in [0.15, 0.2) is 48.8 Å². The number of amides is 1. The maximum absolute atomic E-state index is 13.3. The number of H-pyrrole nitrogens is 1. The Hall–Kier alpha value is -3.55. The molecule has 7 nitrogen and oxygen atoms in total. The number of halogens is 1. The second-order valence-electron chi connectivity index (χ2n) is 7.70. The van der Waals surface area contributed by atoms with E-state index in [2.05, 4.69) is 20.5 Å². The summed E-state index contributed by atoms with van der Waals surface area (Å²) in [6.45, 7) is 5.31. The van der Waals surface area contributed by atoms with Crippen LogP contribution in [0.3, 0.4) is 0 Å². The Morgan fingerprint density at radius 2 is 1.70 bits per heavy atom. The Morgan fingerprint density at radius 1 is 1.03 bits per heavy atom. The fourth-order valence-electron chi connectivity index (χ4n) is 2.86. The molecule has 0 aliphatic rings. The molecule has 2 N–H and O–H groups in total. The van der Waals surface area contributed by atoms with E-state index in [1.54, 1.807) is 57.4 Å². The van der Waals surface area contributed by atoms with Crippen LogP contribution in [0.2, 0.25) is 0 Å². The third kappa shape index (κ3) is 5.50. The van der Waals surface area contributed by atoms with E-state index in [1.165, 1.54) is 12.1 Å². The number of benzene rings is 1. The van der Waals surface area contributed by atoms with Crippen LogP contribution < -0.4 is 5.32 Å². The number of pyridine rings is 1. The Morgan fingerprint density at radius 3 is 2.33 bits per heavy atom. The topological polar surface area (TPSA) is 97.0 Å². The van der Waals surface area contributed by atoms with Gasteiger partial charge in [-0.05, 0) is 62.7 Å². The molecule has 30 heavy (non-hydrogen) atoms. The number of hydrogen-bond acceptors (Lipinski definition) is 5. The smallest absolute Gasteiger partial charge is 0.306 e. The number of ether oxygens (including phenoxy) is 1. The number of aromatic amines is 1. The number of carbonyl (C=O) groups excluding carboxylic acids is 2. The Labute approximate surface area is 173 Å². The van der Waals surface area contributed by atoms with Gasteiger partial charge >= 0.3 is 5.97 Å². The summed E-state index contributed by atoms with van der Waals surface area (Å²) in [5, 5.41) is 9.89. The fraction of sp³-hybridized carbons (Fsp3) is 0.273. The van der Waals surface area contributed by atoms with Gasteiger partial charge in [0.15, 0.2) is 5.82 Å². The van der Waals surface area contributed by atoms with Gasteiger partial charge in [-0.3, -0.25) is 19.7 Å². The molecule has 3 rings (SSSR count). The SMILES string of the molecule is CC(C)(C)OC(=O)CCC(=O)Nc1n[nH]c(-c2ccc(F)cc2)c1-c1ccncc1. The molecule has 0 aliphatic heterocycles. The summed E-state index contributed by atoms with van der Waals surface area (Å²) >= 11 is 0. The van der Waals surface area contributed by atoms with Crippen LogP contribution in [0.25, 0.3) is 22.4 Å². The van der Waals surface area contributed by atoms with Gasteiger partial charge in [0, 0.05) is 24.4 Å². The normalized spacial score (nSPS) is 11.2. The Bertz CT molecular complexity index is 1020. The van der Waals surface area contributed by atoms with Crippen molar-refractivity contribution < 1.29 is 18.7 Å². The zero-order chi connectivity index (χ0) is 21.7. The van der Waals surface area contributed by atoms with Gasteiger partial charge in [-0.1, -0.05) is 0 Å². The molecule has 0 radical (unpaired) electrons. The van der Waals surface area contributed by atoms with E-state index in [0.29, 0.717) is 22.6 Å². The summed E-state index contributed by atoms with van der Waals surface area (Å²) in [5.41, 5.74) is 2.16. The van der Waals surface area contributed by atoms with Crippen LogP contribution in [0, 0.1) is 5.82 Å². The molecule has 1 aromatic carbocycles. The molecule has 0 atom stereocenters. The second kappa shape index (κ2) is 8.86. The molecule has 3 aromatic rings. The first-order valence-corrected chi connectivity index (χ1v) is 9.49. The van der Waals surface area contributed by atoms with Crippen molar-refractivity contribution >= 4 is 17.7 Å². The van der Waals surface area contributed by atoms with Crippen molar-refractivity contribution in [2.75, 3.05) is 5.32 Å². The average molecular weight is 410 g/mol. The number of esters is 1. The van der Waals surface area contributed by atoms with Crippen LogP contribution in [0.1, 0.15) is 33.6 Å². The van der Waals surface area contributed by atoms with E-state index in [-0.39, 0.29) is 24.6 Å². The van der Waals surface area contributed by atoms with Crippen LogP contribution in [0.5, 0.6) is 0 Å². The first-order valence-electron chi connectivity index (χ1n) is 9.49. The summed E-state index contributed by atoms with van der Waals surface area (Å²) in [7, 11) is 0. The summed E-state index contributed by atoms with van der Waals surface area (Å²) < 4.78 is 18.6. The molecule has 2 heterocycles. The number of aromatic nitrogens is 3. The van der Waals surface area contributed by atoms with Crippen LogP contribution in [0.4, 0.5) is 10.2 Å². The molecule has 0 aliphatic carbocycles. The zero-order valence-corrected chi connectivity index (χ0v) is 17.0. The first kappa shape index (κ1) is 21.2. The molecule has 0 bridgehead atoms. The number of hydrogen-bond donors (Lipinski definition) is 2. The lowest BCUT2D eigenvalue weighted by atomic mass is 10.0. The Balaban J connectivity index is 1.82. The monoisotopic (exact) mass is 410 g/mol. The highest BCUT2D eigenvalue weighted by Crippen LogP contribution is 2.36. The molecule has 1 amide bonds. The largest absolute Gasteiger partial charge is 0.460 e. The standard InChI is InChI=1S/C22H23FN4O3/c1-22(2,3)30-18(29)9-8-17(28)25-21-19(14-10-12-24-13-11-14)20(26-27-21)15-4-6-16(23)7-5-15/h4-7,10-13H,8-9H2,1-3H3,(H2,25,26,27,28). The van der Waals surface area contributed by atoms with E-state index >= 15 is 0 Å². The van der Waals surface area contributed by atoms with Crippen molar-refractivity contribution in [2.45, 2.75) is 39.2 Å². The van der Waals surface area contributed by atoms with Gasteiger partial charge in [0.1, 0.15) is 11.4 Å². The summed E-state index contributed by atoms with van der Waals surface area (Å²) in [5.74, 6) is -0.844. The van der Waals surface area contributed by atoms with Crippen LogP contribution in [-0.2, 0) is 14.3 Å². The van der Waals surface area contributed by atoms with Gasteiger partial charge in [0.05, 0.1) is 17.7 Å². The lowest BCUT2D eigenvalue weighted by molar-refractivity contribution is -0.155. The van der Waals surface area contributed by atoms with Crippen molar-refractivity contribution in [3.05, 3.63) is 54.6 Å². The van der Waals surface area contributed by atoms with E-state index in [0.717, 1.165) is 5.56 Å². The van der Waals surface area contributed by atoms with Crippen LogP contribution in [-0.4, -0.2) is 32.7 Å². The first-order chi connectivity index (χ1) is 14.2. The summed E-state index contributed by atoms with van der Waals surface area (Å²) in [6.07, 6.45) is 3.18. The summed E-state index contributed by atoms with van der Waals surface area (Å²) in [6, 6.07) is 9.53. The maximum Gasteiger partial charge on any atom is 0.306 e. The lowest BCUT2D eigenvalue weighted by Gasteiger charge is -2.19. The number of anilines is 1. The molecule has 2 aromatic heterocycles. The van der Waals surface area contributed by atoms with Gasteiger partial charge < -0.3 is 10.1 Å². The highest BCUT2D eigenvalue weighted by molar-refractivity contribution is 5.98. The quantitative estimate of drug-likeness (QED) is 0.589. The van der Waals surface area contributed by atoms with Crippen molar-refractivity contribution in [3.63, 3.8) is 0 Å². The minimum atomic E-state index is -0.603. The third-order valence-electron chi connectivity index (χ3n) is 4.10. The predicted octanol–water partition coefficient (Wildman–Crippen LogP) is 4.34. The number of nitrogens with zero attached hydrogens (tertiary/aromatic N) is 2. The number of carbonyl (C=O) groups is 2. The highest BCUT2D eigenvalue weighted by Gasteiger charge is 2.20. The van der Waals surface area contributed by atoms with E-state index < -0.39 is 11.6 Å². The molecule has 0 saturated carbocycles. The van der Waals surface area contributed by atoms with Crippen molar-refractivity contribution in [2.24, 2.45) is 0 Å². The maximum atomic E-state index is 13.3. The lowest BCUT2D eigenvalue weighted by Crippen LogP contribution is -2.24. The average Bonchev–Trinajstić information content (AvgIpc) is 3.10. The van der Waals surface area contributed by atoms with Gasteiger partial charge in [-0.25, -0.2) is 4.39 Å². The second-order valence-corrected chi connectivity index (χ2v) is 7.70. The zero-order valence-electron chi connectivity index (χ0n) is 17.0. The van der Waals surface area contributed by atoms with E-state index in [9.17, 15) is 14.0 Å². The van der Waals surface area contributed by atoms with Crippen molar-refractivity contribution in [1.29, 1.82) is 0 Å². The highest BCUT2D eigenvalue weighted by atomic mass is 19.1. The summed E-state index contributed by atoms with van der Waals surface area (Å²) in [4.78, 5) is 28.3. The molecule has 8 heteroatoms. The predicted molar refractivity (Wildman–Crippen MR) is 111 cm³/mol. The molecule has 0 unspecified atom stereocenters. The van der Waals surface area contributed by atoms with Gasteiger partial charge in [0.2, 0.25) is 5.91 Å². The number of nitrogens with one attached hydrogen (secondary N) is 2. The molecular formula is C22H23FN4O3. The minimum absolute atomic E-state index is 0.0383. The molecular weight excluding hydrogens is 387 g/mol. The van der Waals surface area contributed by atoms with Crippen molar-refractivity contribution in [3.8, 4) is 22.4 Å². The van der Waals surface area contributed by atoms with Gasteiger partial charge in [0.25, 0.3) is 0 Å². The van der Waals surface area contributed by atoms with Crippen molar-refractivity contribution in [1.82, 2.24) is 15.2 Å². The van der Waals surface area contributed by atoms with E-state index in [4.69, 9.17) is 4.74 Å².